The Bertz CT molecular complexity index is 312. The SMILES string of the molecule is CCCCCCCCCCNC(=O)c1cscn1. The maximum atomic E-state index is 11.5. The van der Waals surface area contributed by atoms with Gasteiger partial charge in [0, 0.05) is 11.9 Å². The Kier molecular flexibility index (Phi) is 8.47. The predicted molar refractivity (Wildman–Crippen MR) is 77.1 cm³/mol. The maximum absolute atomic E-state index is 11.5. The number of amides is 1. The van der Waals surface area contributed by atoms with Gasteiger partial charge in [0.25, 0.3) is 5.91 Å². The van der Waals surface area contributed by atoms with Crippen LogP contribution in [0.25, 0.3) is 0 Å². The van der Waals surface area contributed by atoms with E-state index in [1.54, 1.807) is 10.9 Å². The number of hydrogen-bond donors (Lipinski definition) is 1. The Hall–Kier alpha value is -0.900. The first kappa shape index (κ1) is 15.2. The van der Waals surface area contributed by atoms with E-state index in [1.165, 1.54) is 56.3 Å². The lowest BCUT2D eigenvalue weighted by Crippen LogP contribution is -2.24. The number of carbonyl (C=O) groups is 1. The van der Waals surface area contributed by atoms with Crippen LogP contribution >= 0.6 is 11.3 Å². The van der Waals surface area contributed by atoms with E-state index < -0.39 is 0 Å². The topological polar surface area (TPSA) is 42.0 Å². The molecule has 0 bridgehead atoms. The largest absolute Gasteiger partial charge is 0.351 e. The molecule has 3 nitrogen and oxygen atoms in total. The van der Waals surface area contributed by atoms with E-state index in [0.717, 1.165) is 13.0 Å². The molecule has 0 aliphatic heterocycles. The van der Waals surface area contributed by atoms with E-state index in [2.05, 4.69) is 17.2 Å². The number of hydrogen-bond acceptors (Lipinski definition) is 3. The van der Waals surface area contributed by atoms with Crippen LogP contribution in [0.4, 0.5) is 0 Å². The highest BCUT2D eigenvalue weighted by Gasteiger charge is 2.05. The van der Waals surface area contributed by atoms with Crippen LogP contribution in [0.5, 0.6) is 0 Å². The highest BCUT2D eigenvalue weighted by molar-refractivity contribution is 7.07. The highest BCUT2D eigenvalue weighted by atomic mass is 32.1. The van der Waals surface area contributed by atoms with E-state index in [-0.39, 0.29) is 5.91 Å². The molecule has 4 heteroatoms. The van der Waals surface area contributed by atoms with Crippen LogP contribution in [0, 0.1) is 0 Å². The lowest BCUT2D eigenvalue weighted by Gasteiger charge is -2.03. The summed E-state index contributed by atoms with van der Waals surface area (Å²) in [6.45, 7) is 3.01. The van der Waals surface area contributed by atoms with Crippen LogP contribution in [0.1, 0.15) is 68.8 Å². The molecular weight excluding hydrogens is 244 g/mol. The van der Waals surface area contributed by atoms with Gasteiger partial charge < -0.3 is 5.32 Å². The second-order valence-corrected chi connectivity index (χ2v) is 5.32. The Morgan fingerprint density at radius 1 is 1.17 bits per heavy atom. The first-order valence-corrected chi connectivity index (χ1v) is 7.95. The lowest BCUT2D eigenvalue weighted by atomic mass is 10.1. The zero-order valence-electron chi connectivity index (χ0n) is 11.3. The van der Waals surface area contributed by atoms with Crippen molar-refractivity contribution in [2.75, 3.05) is 6.54 Å². The van der Waals surface area contributed by atoms with Crippen LogP contribution in [0.3, 0.4) is 0 Å². The van der Waals surface area contributed by atoms with Crippen molar-refractivity contribution in [3.63, 3.8) is 0 Å². The number of nitrogens with one attached hydrogen (secondary N) is 1. The lowest BCUT2D eigenvalue weighted by molar-refractivity contribution is 0.0948. The summed E-state index contributed by atoms with van der Waals surface area (Å²) in [7, 11) is 0. The van der Waals surface area contributed by atoms with Gasteiger partial charge in [-0.2, -0.15) is 0 Å². The van der Waals surface area contributed by atoms with Gasteiger partial charge in [0.2, 0.25) is 0 Å². The molecule has 0 aliphatic carbocycles. The van der Waals surface area contributed by atoms with Crippen molar-refractivity contribution in [1.29, 1.82) is 0 Å². The van der Waals surface area contributed by atoms with Crippen molar-refractivity contribution in [2.45, 2.75) is 58.3 Å². The minimum absolute atomic E-state index is 0.0424. The fraction of sp³-hybridized carbons (Fsp3) is 0.714. The van der Waals surface area contributed by atoms with Gasteiger partial charge in [-0.3, -0.25) is 4.79 Å². The summed E-state index contributed by atoms with van der Waals surface area (Å²) in [6, 6.07) is 0. The second kappa shape index (κ2) is 10.1. The van der Waals surface area contributed by atoms with Gasteiger partial charge in [0.15, 0.2) is 0 Å². The molecule has 1 amide bonds. The smallest absolute Gasteiger partial charge is 0.270 e. The zero-order chi connectivity index (χ0) is 13.1. The molecule has 0 aromatic carbocycles. The first-order valence-electron chi connectivity index (χ1n) is 7.01. The van der Waals surface area contributed by atoms with Crippen molar-refractivity contribution < 1.29 is 4.79 Å². The zero-order valence-corrected chi connectivity index (χ0v) is 12.1. The molecule has 0 fully saturated rings. The summed E-state index contributed by atoms with van der Waals surface area (Å²) in [5.41, 5.74) is 2.23. The van der Waals surface area contributed by atoms with Gasteiger partial charge in [-0.15, -0.1) is 11.3 Å². The third kappa shape index (κ3) is 6.74. The molecule has 0 unspecified atom stereocenters. The van der Waals surface area contributed by atoms with Crippen LogP contribution in [-0.2, 0) is 0 Å². The van der Waals surface area contributed by atoms with E-state index in [0.29, 0.717) is 5.69 Å². The summed E-state index contributed by atoms with van der Waals surface area (Å²) in [4.78, 5) is 15.5. The van der Waals surface area contributed by atoms with E-state index >= 15 is 0 Å². The van der Waals surface area contributed by atoms with E-state index in [9.17, 15) is 4.79 Å². The van der Waals surface area contributed by atoms with Crippen LogP contribution in [-0.4, -0.2) is 17.4 Å². The van der Waals surface area contributed by atoms with Gasteiger partial charge in [-0.25, -0.2) is 4.98 Å². The second-order valence-electron chi connectivity index (χ2n) is 4.60. The van der Waals surface area contributed by atoms with Gasteiger partial charge in [-0.05, 0) is 6.42 Å². The minimum atomic E-state index is -0.0424. The number of unbranched alkanes of at least 4 members (excludes halogenated alkanes) is 7. The van der Waals surface area contributed by atoms with Crippen molar-refractivity contribution in [1.82, 2.24) is 10.3 Å². The fourth-order valence-corrected chi connectivity index (χ4v) is 2.41. The molecule has 0 spiro atoms. The van der Waals surface area contributed by atoms with Gasteiger partial charge in [0.05, 0.1) is 5.51 Å². The summed E-state index contributed by atoms with van der Waals surface area (Å²) >= 11 is 1.45. The predicted octanol–water partition coefficient (Wildman–Crippen LogP) is 4.01. The molecule has 1 aromatic heterocycles. The average Bonchev–Trinajstić information content (AvgIpc) is 2.90. The van der Waals surface area contributed by atoms with Gasteiger partial charge >= 0.3 is 0 Å². The average molecular weight is 268 g/mol. The Labute approximate surface area is 114 Å². The van der Waals surface area contributed by atoms with Crippen LogP contribution < -0.4 is 5.32 Å². The molecule has 0 aliphatic rings. The molecule has 0 radical (unpaired) electrons. The number of aromatic nitrogens is 1. The minimum Gasteiger partial charge on any atom is -0.351 e. The molecule has 1 aromatic rings. The molecule has 1 rings (SSSR count). The molecule has 1 N–H and O–H groups in total. The summed E-state index contributed by atoms with van der Waals surface area (Å²) < 4.78 is 0. The molecule has 0 atom stereocenters. The third-order valence-electron chi connectivity index (χ3n) is 2.98. The number of carbonyl (C=O) groups excluding carboxylic acids is 1. The van der Waals surface area contributed by atoms with Crippen molar-refractivity contribution in [3.8, 4) is 0 Å². The van der Waals surface area contributed by atoms with Gasteiger partial charge in [-0.1, -0.05) is 51.9 Å². The molecule has 1 heterocycles. The quantitative estimate of drug-likeness (QED) is 0.651. The first-order chi connectivity index (χ1) is 8.84. The normalized spacial score (nSPS) is 10.5. The molecule has 18 heavy (non-hydrogen) atoms. The van der Waals surface area contributed by atoms with E-state index in [1.807, 2.05) is 0 Å². The number of thiazole rings is 1. The maximum Gasteiger partial charge on any atom is 0.270 e. The molecule has 0 saturated carbocycles. The summed E-state index contributed by atoms with van der Waals surface area (Å²) in [5.74, 6) is -0.0424. The highest BCUT2D eigenvalue weighted by Crippen LogP contribution is 2.08. The van der Waals surface area contributed by atoms with Crippen LogP contribution in [0.2, 0.25) is 0 Å². The molecule has 102 valence electrons. The fourth-order valence-electron chi connectivity index (χ4n) is 1.88. The Balaban J connectivity index is 1.88. The Morgan fingerprint density at radius 3 is 2.44 bits per heavy atom. The van der Waals surface area contributed by atoms with Gasteiger partial charge in [0.1, 0.15) is 5.69 Å². The third-order valence-corrected chi connectivity index (χ3v) is 3.57. The molecular formula is C14H24N2OS. The summed E-state index contributed by atoms with van der Waals surface area (Å²) in [6.07, 6.45) is 10.3. The Morgan fingerprint density at radius 2 is 1.83 bits per heavy atom. The monoisotopic (exact) mass is 268 g/mol. The van der Waals surface area contributed by atoms with Crippen molar-refractivity contribution in [2.24, 2.45) is 0 Å². The van der Waals surface area contributed by atoms with Crippen molar-refractivity contribution >= 4 is 17.2 Å². The summed E-state index contributed by atoms with van der Waals surface area (Å²) in [5, 5.41) is 4.68. The standard InChI is InChI=1S/C14H24N2OS/c1-2-3-4-5-6-7-8-9-10-15-14(17)13-11-18-12-16-13/h11-12H,2-10H2,1H3,(H,15,17). The van der Waals surface area contributed by atoms with Crippen LogP contribution in [0.15, 0.2) is 10.9 Å². The molecule has 0 saturated heterocycles. The van der Waals surface area contributed by atoms with Crippen molar-refractivity contribution in [3.05, 3.63) is 16.6 Å². The number of rotatable bonds is 10. The van der Waals surface area contributed by atoms with E-state index in [4.69, 9.17) is 0 Å². The number of nitrogens with zero attached hydrogens (tertiary/aromatic N) is 1.